The smallest absolute Gasteiger partial charge is 0.289 e. The van der Waals surface area contributed by atoms with Gasteiger partial charge in [-0.05, 0) is 24.6 Å². The van der Waals surface area contributed by atoms with E-state index < -0.39 is 0 Å². The summed E-state index contributed by atoms with van der Waals surface area (Å²) in [5, 5.41) is 0. The Kier molecular flexibility index (Phi) is 4.06. The monoisotopic (exact) mass is 285 g/mol. The van der Waals surface area contributed by atoms with Crippen molar-refractivity contribution in [2.75, 3.05) is 13.2 Å². The Morgan fingerprint density at radius 3 is 2.76 bits per heavy atom. The molecule has 21 heavy (non-hydrogen) atoms. The molecule has 0 N–H and O–H groups in total. The van der Waals surface area contributed by atoms with Crippen molar-refractivity contribution in [2.45, 2.75) is 25.5 Å². The van der Waals surface area contributed by atoms with Crippen LogP contribution < -0.4 is 0 Å². The van der Waals surface area contributed by atoms with Gasteiger partial charge in [0, 0.05) is 13.0 Å². The van der Waals surface area contributed by atoms with E-state index >= 15 is 0 Å². The van der Waals surface area contributed by atoms with Gasteiger partial charge < -0.3 is 14.1 Å². The van der Waals surface area contributed by atoms with Gasteiger partial charge in [0.1, 0.15) is 0 Å². The third kappa shape index (κ3) is 3.16. The van der Waals surface area contributed by atoms with Crippen LogP contribution in [0.2, 0.25) is 0 Å². The van der Waals surface area contributed by atoms with E-state index in [-0.39, 0.29) is 18.1 Å². The average molecular weight is 285 g/mol. The van der Waals surface area contributed by atoms with Crippen molar-refractivity contribution in [2.24, 2.45) is 0 Å². The number of rotatable bonds is 3. The van der Waals surface area contributed by atoms with Crippen LogP contribution >= 0.6 is 0 Å². The summed E-state index contributed by atoms with van der Waals surface area (Å²) < 4.78 is 11.1. The molecule has 2 aromatic rings. The molecule has 4 nitrogen and oxygen atoms in total. The van der Waals surface area contributed by atoms with E-state index in [2.05, 4.69) is 12.1 Å². The number of carbonyl (C=O) groups excluding carboxylic acids is 1. The van der Waals surface area contributed by atoms with E-state index in [0.29, 0.717) is 18.9 Å². The predicted molar refractivity (Wildman–Crippen MR) is 79.1 cm³/mol. The Balaban J connectivity index is 1.68. The number of nitrogens with zero attached hydrogens (tertiary/aromatic N) is 1. The number of hydrogen-bond acceptors (Lipinski definition) is 3. The van der Waals surface area contributed by atoms with Gasteiger partial charge in [0.25, 0.3) is 5.91 Å². The topological polar surface area (TPSA) is 42.7 Å². The predicted octanol–water partition coefficient (Wildman–Crippen LogP) is 2.75. The van der Waals surface area contributed by atoms with Crippen LogP contribution in [0, 0.1) is 0 Å². The molecular formula is C17H19NO3. The first-order valence-electron chi connectivity index (χ1n) is 7.24. The van der Waals surface area contributed by atoms with Crippen LogP contribution in [0.25, 0.3) is 0 Å². The van der Waals surface area contributed by atoms with Crippen molar-refractivity contribution in [3.8, 4) is 0 Å². The molecule has 0 aliphatic carbocycles. The summed E-state index contributed by atoms with van der Waals surface area (Å²) in [4.78, 5) is 14.3. The quantitative estimate of drug-likeness (QED) is 0.871. The lowest BCUT2D eigenvalue weighted by molar-refractivity contribution is -0.0472. The molecular weight excluding hydrogens is 266 g/mol. The van der Waals surface area contributed by atoms with Crippen molar-refractivity contribution < 1.29 is 13.9 Å². The highest BCUT2D eigenvalue weighted by Gasteiger charge is 2.31. The van der Waals surface area contributed by atoms with Crippen LogP contribution in [0.15, 0.2) is 53.1 Å². The Hall–Kier alpha value is -2.07. The van der Waals surface area contributed by atoms with Crippen molar-refractivity contribution in [3.63, 3.8) is 0 Å². The van der Waals surface area contributed by atoms with E-state index in [9.17, 15) is 4.79 Å². The molecule has 1 aromatic heterocycles. The molecule has 1 amide bonds. The SMILES string of the molecule is CC1COC(Cc2ccccc2)CN1C(=O)c1ccco1. The van der Waals surface area contributed by atoms with Crippen LogP contribution in [-0.4, -0.2) is 36.1 Å². The summed E-state index contributed by atoms with van der Waals surface area (Å²) in [7, 11) is 0. The minimum Gasteiger partial charge on any atom is -0.459 e. The summed E-state index contributed by atoms with van der Waals surface area (Å²) in [6.07, 6.45) is 2.37. The highest BCUT2D eigenvalue weighted by Crippen LogP contribution is 2.18. The molecule has 1 saturated heterocycles. The van der Waals surface area contributed by atoms with Gasteiger partial charge in [0.15, 0.2) is 5.76 Å². The highest BCUT2D eigenvalue weighted by molar-refractivity contribution is 5.91. The van der Waals surface area contributed by atoms with Crippen molar-refractivity contribution >= 4 is 5.91 Å². The number of furan rings is 1. The maximum Gasteiger partial charge on any atom is 0.289 e. The van der Waals surface area contributed by atoms with E-state index in [4.69, 9.17) is 9.15 Å². The summed E-state index contributed by atoms with van der Waals surface area (Å²) in [5.74, 6) is 0.330. The molecule has 1 aliphatic heterocycles. The standard InChI is InChI=1S/C17H19NO3/c1-13-12-21-15(10-14-6-3-2-4-7-14)11-18(13)17(19)16-8-5-9-20-16/h2-9,13,15H,10-12H2,1H3. The van der Waals surface area contributed by atoms with E-state index in [1.54, 1.807) is 12.1 Å². The molecule has 2 atom stereocenters. The third-order valence-corrected chi connectivity index (χ3v) is 3.80. The third-order valence-electron chi connectivity index (χ3n) is 3.80. The molecule has 3 rings (SSSR count). The Bertz CT molecular complexity index is 579. The van der Waals surface area contributed by atoms with Crippen LogP contribution in [0.1, 0.15) is 23.0 Å². The van der Waals surface area contributed by atoms with Gasteiger partial charge in [-0.2, -0.15) is 0 Å². The van der Waals surface area contributed by atoms with Crippen molar-refractivity contribution in [1.29, 1.82) is 0 Å². The average Bonchev–Trinajstić information content (AvgIpc) is 3.04. The first-order chi connectivity index (χ1) is 10.2. The molecule has 0 saturated carbocycles. The molecule has 1 aliphatic rings. The summed E-state index contributed by atoms with van der Waals surface area (Å²) in [5.41, 5.74) is 1.22. The molecule has 0 spiro atoms. The largest absolute Gasteiger partial charge is 0.459 e. The second-order valence-corrected chi connectivity index (χ2v) is 5.43. The molecule has 0 bridgehead atoms. The first-order valence-corrected chi connectivity index (χ1v) is 7.24. The molecule has 2 unspecified atom stereocenters. The lowest BCUT2D eigenvalue weighted by Crippen LogP contribution is -2.51. The van der Waals surface area contributed by atoms with Crippen LogP contribution in [0.3, 0.4) is 0 Å². The van der Waals surface area contributed by atoms with Gasteiger partial charge in [-0.15, -0.1) is 0 Å². The summed E-state index contributed by atoms with van der Waals surface area (Å²) >= 11 is 0. The van der Waals surface area contributed by atoms with E-state index in [1.165, 1.54) is 11.8 Å². The Morgan fingerprint density at radius 2 is 2.05 bits per heavy atom. The summed E-state index contributed by atoms with van der Waals surface area (Å²) in [6.45, 7) is 3.15. The number of amides is 1. The molecule has 1 aromatic carbocycles. The van der Waals surface area contributed by atoms with Crippen LogP contribution in [0.5, 0.6) is 0 Å². The van der Waals surface area contributed by atoms with Gasteiger partial charge in [0.2, 0.25) is 0 Å². The number of hydrogen-bond donors (Lipinski definition) is 0. The zero-order chi connectivity index (χ0) is 14.7. The zero-order valence-electron chi connectivity index (χ0n) is 12.1. The number of benzene rings is 1. The van der Waals surface area contributed by atoms with E-state index in [1.807, 2.05) is 30.0 Å². The fourth-order valence-corrected chi connectivity index (χ4v) is 2.64. The fraction of sp³-hybridized carbons (Fsp3) is 0.353. The lowest BCUT2D eigenvalue weighted by atomic mass is 10.1. The first kappa shape index (κ1) is 13.9. The molecule has 0 radical (unpaired) electrons. The highest BCUT2D eigenvalue weighted by atomic mass is 16.5. The normalized spacial score (nSPS) is 22.2. The van der Waals surface area contributed by atoms with Crippen molar-refractivity contribution in [1.82, 2.24) is 4.90 Å². The molecule has 4 heteroatoms. The number of morpholine rings is 1. The van der Waals surface area contributed by atoms with Gasteiger partial charge in [-0.25, -0.2) is 0 Å². The second-order valence-electron chi connectivity index (χ2n) is 5.43. The summed E-state index contributed by atoms with van der Waals surface area (Å²) in [6, 6.07) is 13.7. The maximum atomic E-state index is 12.4. The maximum absolute atomic E-state index is 12.4. The Morgan fingerprint density at radius 1 is 1.24 bits per heavy atom. The van der Waals surface area contributed by atoms with Crippen LogP contribution in [0.4, 0.5) is 0 Å². The molecule has 1 fully saturated rings. The minimum absolute atomic E-state index is 0.0301. The van der Waals surface area contributed by atoms with Crippen molar-refractivity contribution in [3.05, 3.63) is 60.1 Å². The van der Waals surface area contributed by atoms with E-state index in [0.717, 1.165) is 6.42 Å². The minimum atomic E-state index is -0.0612. The number of carbonyl (C=O) groups is 1. The molecule has 110 valence electrons. The lowest BCUT2D eigenvalue weighted by Gasteiger charge is -2.37. The van der Waals surface area contributed by atoms with Gasteiger partial charge in [-0.3, -0.25) is 4.79 Å². The number of ether oxygens (including phenoxy) is 1. The molecule has 2 heterocycles. The fourth-order valence-electron chi connectivity index (χ4n) is 2.64. The van der Waals surface area contributed by atoms with Gasteiger partial charge in [-0.1, -0.05) is 30.3 Å². The second kappa shape index (κ2) is 6.14. The van der Waals surface area contributed by atoms with Gasteiger partial charge >= 0.3 is 0 Å². The van der Waals surface area contributed by atoms with Gasteiger partial charge in [0.05, 0.1) is 25.0 Å². The Labute approximate surface area is 124 Å². The zero-order valence-corrected chi connectivity index (χ0v) is 12.1. The van der Waals surface area contributed by atoms with Crippen LogP contribution in [-0.2, 0) is 11.2 Å².